The van der Waals surface area contributed by atoms with Crippen LogP contribution in [0, 0.1) is 6.92 Å². The summed E-state index contributed by atoms with van der Waals surface area (Å²) >= 11 is 0. The second kappa shape index (κ2) is 8.42. The fourth-order valence-corrected chi connectivity index (χ4v) is 5.76. The number of aryl methyl sites for hydroxylation is 1. The molecule has 0 aromatic heterocycles. The third-order valence-electron chi connectivity index (χ3n) is 7.17. The maximum Gasteiger partial charge on any atom is 0.163 e. The first-order valence-electron chi connectivity index (χ1n) is 12.4. The number of benzene rings is 3. The molecule has 0 spiro atoms. The van der Waals surface area contributed by atoms with E-state index in [1.165, 1.54) is 16.6 Å². The zero-order chi connectivity index (χ0) is 24.2. The van der Waals surface area contributed by atoms with Gasteiger partial charge in [-0.2, -0.15) is 0 Å². The van der Waals surface area contributed by atoms with E-state index in [1.807, 2.05) is 20.8 Å². The number of hydrogen-bond donors (Lipinski definition) is 0. The second-order valence-corrected chi connectivity index (χ2v) is 10.8. The number of fused-ring (bicyclic) bond motifs is 1. The number of ether oxygens (including phenoxy) is 2. The zero-order valence-corrected chi connectivity index (χ0v) is 21.2. The molecule has 2 heterocycles. The standard InChI is InChI=1S/C30H35NO3/c1-18-17-21-9-7-8-10-22(21)27(25(18)29(19(2)32)34-30(3,4)5)23-11-12-24-26-20(14-16-33-24)13-15-31(6)28(23)26/h7-12,17,20,29H,13-16H2,1-6H3/t20?,29-/m1/s1. The quantitative estimate of drug-likeness (QED) is 0.424. The third-order valence-corrected chi connectivity index (χ3v) is 7.17. The van der Waals surface area contributed by atoms with Crippen LogP contribution in [0.15, 0.2) is 42.5 Å². The Morgan fingerprint density at radius 3 is 2.65 bits per heavy atom. The summed E-state index contributed by atoms with van der Waals surface area (Å²) in [6.07, 6.45) is 1.57. The van der Waals surface area contributed by atoms with Gasteiger partial charge in [-0.1, -0.05) is 30.3 Å². The van der Waals surface area contributed by atoms with Crippen molar-refractivity contribution in [2.75, 3.05) is 25.1 Å². The van der Waals surface area contributed by atoms with E-state index in [0.717, 1.165) is 59.4 Å². The summed E-state index contributed by atoms with van der Waals surface area (Å²) in [5.41, 5.74) is 6.43. The van der Waals surface area contributed by atoms with Gasteiger partial charge >= 0.3 is 0 Å². The summed E-state index contributed by atoms with van der Waals surface area (Å²) in [4.78, 5) is 15.4. The minimum Gasteiger partial charge on any atom is -0.493 e. The molecule has 2 atom stereocenters. The minimum atomic E-state index is -0.635. The van der Waals surface area contributed by atoms with Crippen molar-refractivity contribution in [1.82, 2.24) is 0 Å². The first-order valence-corrected chi connectivity index (χ1v) is 12.4. The zero-order valence-electron chi connectivity index (χ0n) is 21.2. The fraction of sp³-hybridized carbons (Fsp3) is 0.433. The number of ketones is 1. The number of Topliss-reactive ketones (excluding diaryl/α,β-unsaturated/α-hetero) is 1. The van der Waals surface area contributed by atoms with E-state index in [4.69, 9.17) is 9.47 Å². The number of nitrogens with zero attached hydrogens (tertiary/aromatic N) is 1. The lowest BCUT2D eigenvalue weighted by Crippen LogP contribution is -2.31. The van der Waals surface area contributed by atoms with Gasteiger partial charge in [0.05, 0.1) is 17.9 Å². The number of anilines is 1. The summed E-state index contributed by atoms with van der Waals surface area (Å²) in [6, 6.07) is 15.0. The molecule has 5 rings (SSSR count). The Morgan fingerprint density at radius 1 is 1.15 bits per heavy atom. The van der Waals surface area contributed by atoms with Gasteiger partial charge < -0.3 is 14.4 Å². The predicted octanol–water partition coefficient (Wildman–Crippen LogP) is 6.97. The Bertz CT molecular complexity index is 1270. The average molecular weight is 458 g/mol. The highest BCUT2D eigenvalue weighted by Crippen LogP contribution is 2.52. The molecule has 3 aromatic carbocycles. The van der Waals surface area contributed by atoms with Crippen molar-refractivity contribution in [1.29, 1.82) is 0 Å². The third kappa shape index (κ3) is 3.88. The Balaban J connectivity index is 1.87. The van der Waals surface area contributed by atoms with E-state index in [1.54, 1.807) is 6.92 Å². The maximum absolute atomic E-state index is 13.1. The molecule has 0 saturated heterocycles. The summed E-state index contributed by atoms with van der Waals surface area (Å²) < 4.78 is 12.5. The van der Waals surface area contributed by atoms with E-state index >= 15 is 0 Å². The molecular weight excluding hydrogens is 422 g/mol. The van der Waals surface area contributed by atoms with Crippen LogP contribution in [0.5, 0.6) is 5.75 Å². The summed E-state index contributed by atoms with van der Waals surface area (Å²) in [5.74, 6) is 1.55. The van der Waals surface area contributed by atoms with Crippen LogP contribution in [0.4, 0.5) is 5.69 Å². The highest BCUT2D eigenvalue weighted by Gasteiger charge is 2.35. The predicted molar refractivity (Wildman–Crippen MR) is 139 cm³/mol. The molecule has 1 unspecified atom stereocenters. The van der Waals surface area contributed by atoms with Gasteiger partial charge in [0.15, 0.2) is 5.78 Å². The lowest BCUT2D eigenvalue weighted by Gasteiger charge is -2.39. The molecule has 0 saturated carbocycles. The molecule has 3 aromatic rings. The molecule has 0 radical (unpaired) electrons. The van der Waals surface area contributed by atoms with Crippen LogP contribution in [-0.4, -0.2) is 31.6 Å². The van der Waals surface area contributed by atoms with Gasteiger partial charge in [0.1, 0.15) is 11.9 Å². The molecule has 0 N–H and O–H groups in total. The topological polar surface area (TPSA) is 38.8 Å². The molecule has 0 bridgehead atoms. The first-order chi connectivity index (χ1) is 16.2. The molecule has 34 heavy (non-hydrogen) atoms. The van der Waals surface area contributed by atoms with Crippen molar-refractivity contribution in [2.45, 2.75) is 65.1 Å². The van der Waals surface area contributed by atoms with Crippen molar-refractivity contribution in [3.05, 3.63) is 59.2 Å². The van der Waals surface area contributed by atoms with Gasteiger partial charge in [-0.3, -0.25) is 4.79 Å². The van der Waals surface area contributed by atoms with Crippen LogP contribution in [0.25, 0.3) is 21.9 Å². The van der Waals surface area contributed by atoms with Gasteiger partial charge in [0.2, 0.25) is 0 Å². The van der Waals surface area contributed by atoms with Gasteiger partial charge in [0, 0.05) is 24.7 Å². The Labute approximate surface area is 202 Å². The van der Waals surface area contributed by atoms with E-state index in [2.05, 4.69) is 61.3 Å². The second-order valence-electron chi connectivity index (χ2n) is 10.8. The summed E-state index contributed by atoms with van der Waals surface area (Å²) in [5, 5.41) is 2.32. The molecule has 178 valence electrons. The lowest BCUT2D eigenvalue weighted by molar-refractivity contribution is -0.138. The lowest BCUT2D eigenvalue weighted by atomic mass is 9.80. The van der Waals surface area contributed by atoms with Gasteiger partial charge in [0.25, 0.3) is 0 Å². The van der Waals surface area contributed by atoms with Crippen LogP contribution in [0.1, 0.15) is 69.2 Å². The fourth-order valence-electron chi connectivity index (χ4n) is 5.76. The molecule has 2 aliphatic rings. The number of carbonyl (C=O) groups is 1. The minimum absolute atomic E-state index is 0.0238. The number of rotatable bonds is 4. The Kier molecular flexibility index (Phi) is 5.68. The average Bonchev–Trinajstić information content (AvgIpc) is 2.78. The van der Waals surface area contributed by atoms with Gasteiger partial charge in [-0.25, -0.2) is 0 Å². The van der Waals surface area contributed by atoms with Crippen molar-refractivity contribution >= 4 is 22.2 Å². The number of hydrogen-bond acceptors (Lipinski definition) is 4. The maximum atomic E-state index is 13.1. The van der Waals surface area contributed by atoms with Crippen LogP contribution in [0.2, 0.25) is 0 Å². The molecule has 4 heteroatoms. The van der Waals surface area contributed by atoms with Crippen LogP contribution in [0.3, 0.4) is 0 Å². The van der Waals surface area contributed by atoms with Crippen LogP contribution < -0.4 is 9.64 Å². The summed E-state index contributed by atoms with van der Waals surface area (Å²) in [7, 11) is 2.18. The van der Waals surface area contributed by atoms with Crippen LogP contribution >= 0.6 is 0 Å². The first kappa shape index (κ1) is 22.9. The highest BCUT2D eigenvalue weighted by atomic mass is 16.5. The Hall–Kier alpha value is -2.85. The van der Waals surface area contributed by atoms with E-state index in [-0.39, 0.29) is 5.78 Å². The Morgan fingerprint density at radius 2 is 1.91 bits per heavy atom. The number of carbonyl (C=O) groups excluding carboxylic acids is 1. The summed E-state index contributed by atoms with van der Waals surface area (Å²) in [6.45, 7) is 11.6. The molecule has 0 amide bonds. The van der Waals surface area contributed by atoms with Crippen molar-refractivity contribution < 1.29 is 14.3 Å². The van der Waals surface area contributed by atoms with Crippen LogP contribution in [-0.2, 0) is 9.53 Å². The van der Waals surface area contributed by atoms with E-state index in [0.29, 0.717) is 5.92 Å². The SMILES string of the molecule is CC(=O)[C@@H](OC(C)(C)C)c1c(C)cc2ccccc2c1-c1ccc2c3c1N(C)CCC3CCO2. The molecule has 0 aliphatic carbocycles. The molecule has 0 fully saturated rings. The molecule has 2 aliphatic heterocycles. The molecule has 4 nitrogen and oxygen atoms in total. The normalized spacial score (nSPS) is 18.4. The largest absolute Gasteiger partial charge is 0.493 e. The molecular formula is C30H35NO3. The van der Waals surface area contributed by atoms with Crippen molar-refractivity contribution in [2.24, 2.45) is 0 Å². The smallest absolute Gasteiger partial charge is 0.163 e. The highest BCUT2D eigenvalue weighted by molar-refractivity contribution is 6.04. The van der Waals surface area contributed by atoms with Gasteiger partial charge in [-0.15, -0.1) is 0 Å². The van der Waals surface area contributed by atoms with E-state index in [9.17, 15) is 4.79 Å². The van der Waals surface area contributed by atoms with Crippen molar-refractivity contribution in [3.8, 4) is 16.9 Å². The van der Waals surface area contributed by atoms with Crippen molar-refractivity contribution in [3.63, 3.8) is 0 Å². The van der Waals surface area contributed by atoms with Gasteiger partial charge in [-0.05, 0) is 93.0 Å². The monoisotopic (exact) mass is 457 g/mol. The van der Waals surface area contributed by atoms with E-state index < -0.39 is 11.7 Å².